The number of benzene rings is 1. The van der Waals surface area contributed by atoms with Crippen LogP contribution in [0.25, 0.3) is 5.69 Å². The van der Waals surface area contributed by atoms with Gasteiger partial charge in [0.25, 0.3) is 10.0 Å². The molecule has 2 N–H and O–H groups in total. The SMILES string of the molecule is Cc1c(NS(=O)(=O)c2cn3c(n2)CCCC3)cccc1-n1cn[nH]c1=O. The molecule has 4 rings (SSSR count). The Balaban J connectivity index is 1.70. The number of nitrogens with zero attached hydrogens (tertiary/aromatic N) is 4. The molecule has 0 aliphatic carbocycles. The highest BCUT2D eigenvalue weighted by Gasteiger charge is 2.23. The number of H-pyrrole nitrogens is 1. The summed E-state index contributed by atoms with van der Waals surface area (Å²) in [7, 11) is -3.82. The Bertz CT molecular complexity index is 1100. The van der Waals surface area contributed by atoms with Gasteiger partial charge >= 0.3 is 5.69 Å². The van der Waals surface area contributed by atoms with Gasteiger partial charge in [-0.25, -0.2) is 19.4 Å². The molecule has 0 saturated heterocycles. The van der Waals surface area contributed by atoms with Crippen LogP contribution in [0, 0.1) is 6.92 Å². The molecule has 0 unspecified atom stereocenters. The number of hydrogen-bond donors (Lipinski definition) is 2. The topological polar surface area (TPSA) is 115 Å². The van der Waals surface area contributed by atoms with Gasteiger partial charge in [0.1, 0.15) is 12.2 Å². The van der Waals surface area contributed by atoms with Crippen molar-refractivity contribution in [3.8, 4) is 5.69 Å². The van der Waals surface area contributed by atoms with Gasteiger partial charge in [-0.1, -0.05) is 6.07 Å². The van der Waals surface area contributed by atoms with Crippen LogP contribution in [0.5, 0.6) is 0 Å². The molecule has 0 bridgehead atoms. The van der Waals surface area contributed by atoms with Crippen LogP contribution in [0.2, 0.25) is 0 Å². The van der Waals surface area contributed by atoms with Crippen LogP contribution in [-0.4, -0.2) is 32.7 Å². The van der Waals surface area contributed by atoms with Crippen molar-refractivity contribution in [3.05, 3.63) is 52.6 Å². The molecule has 0 saturated carbocycles. The van der Waals surface area contributed by atoms with Crippen LogP contribution in [0.15, 0.2) is 40.5 Å². The zero-order chi connectivity index (χ0) is 18.3. The molecule has 2 aromatic heterocycles. The normalized spacial score (nSPS) is 14.2. The van der Waals surface area contributed by atoms with Gasteiger partial charge in [-0.2, -0.15) is 13.5 Å². The summed E-state index contributed by atoms with van der Waals surface area (Å²) < 4.78 is 31.3. The molecule has 10 heteroatoms. The minimum Gasteiger partial charge on any atom is -0.333 e. The highest BCUT2D eigenvalue weighted by molar-refractivity contribution is 7.92. The molecular weight excluding hydrogens is 356 g/mol. The predicted molar refractivity (Wildman–Crippen MR) is 94.9 cm³/mol. The Labute approximate surface area is 149 Å². The first kappa shape index (κ1) is 16.6. The fourth-order valence-electron chi connectivity index (χ4n) is 3.13. The maximum Gasteiger partial charge on any atom is 0.347 e. The summed E-state index contributed by atoms with van der Waals surface area (Å²) >= 11 is 0. The fourth-order valence-corrected chi connectivity index (χ4v) is 4.23. The highest BCUT2D eigenvalue weighted by Crippen LogP contribution is 2.25. The number of fused-ring (bicyclic) bond motifs is 1. The summed E-state index contributed by atoms with van der Waals surface area (Å²) in [5.41, 5.74) is 1.16. The number of anilines is 1. The number of aryl methyl sites for hydroxylation is 2. The second kappa shape index (κ2) is 6.13. The van der Waals surface area contributed by atoms with Crippen molar-refractivity contribution in [3.63, 3.8) is 0 Å². The third-order valence-corrected chi connectivity index (χ3v) is 5.76. The summed E-state index contributed by atoms with van der Waals surface area (Å²) in [6, 6.07) is 5.05. The Morgan fingerprint density at radius 2 is 2.12 bits per heavy atom. The minimum atomic E-state index is -3.82. The average molecular weight is 374 g/mol. The first-order valence-corrected chi connectivity index (χ1v) is 9.75. The molecule has 9 nitrogen and oxygen atoms in total. The molecule has 1 aliphatic rings. The molecule has 3 heterocycles. The zero-order valence-electron chi connectivity index (χ0n) is 14.1. The van der Waals surface area contributed by atoms with E-state index in [0.717, 1.165) is 31.6 Å². The van der Waals surface area contributed by atoms with E-state index in [1.54, 1.807) is 31.3 Å². The third-order valence-electron chi connectivity index (χ3n) is 4.52. The Hall–Kier alpha value is -2.88. The summed E-state index contributed by atoms with van der Waals surface area (Å²) in [6.07, 6.45) is 5.76. The van der Waals surface area contributed by atoms with Gasteiger partial charge in [0, 0.05) is 19.2 Å². The third kappa shape index (κ3) is 2.81. The zero-order valence-corrected chi connectivity index (χ0v) is 15.0. The van der Waals surface area contributed by atoms with Gasteiger partial charge in [0.15, 0.2) is 5.03 Å². The van der Waals surface area contributed by atoms with Crippen molar-refractivity contribution >= 4 is 15.7 Å². The lowest BCUT2D eigenvalue weighted by molar-refractivity contribution is 0.522. The van der Waals surface area contributed by atoms with Crippen molar-refractivity contribution in [1.29, 1.82) is 0 Å². The molecule has 0 radical (unpaired) electrons. The number of rotatable bonds is 4. The molecular formula is C16H18N6O3S. The summed E-state index contributed by atoms with van der Waals surface area (Å²) in [6.45, 7) is 2.53. The Morgan fingerprint density at radius 3 is 2.85 bits per heavy atom. The van der Waals surface area contributed by atoms with Crippen molar-refractivity contribution in [2.24, 2.45) is 0 Å². The van der Waals surface area contributed by atoms with E-state index in [2.05, 4.69) is 19.9 Å². The van der Waals surface area contributed by atoms with E-state index >= 15 is 0 Å². The van der Waals surface area contributed by atoms with Gasteiger partial charge in [-0.3, -0.25) is 4.72 Å². The first-order valence-electron chi connectivity index (χ1n) is 8.26. The smallest absolute Gasteiger partial charge is 0.333 e. The summed E-state index contributed by atoms with van der Waals surface area (Å²) in [5.74, 6) is 0.798. The number of hydrogen-bond acceptors (Lipinski definition) is 5. The van der Waals surface area contributed by atoms with E-state index in [4.69, 9.17) is 0 Å². The van der Waals surface area contributed by atoms with Crippen molar-refractivity contribution < 1.29 is 8.42 Å². The van der Waals surface area contributed by atoms with Crippen LogP contribution >= 0.6 is 0 Å². The lowest BCUT2D eigenvalue weighted by Crippen LogP contribution is -2.18. The molecule has 136 valence electrons. The number of aromatic amines is 1. The largest absolute Gasteiger partial charge is 0.347 e. The number of sulfonamides is 1. The van der Waals surface area contributed by atoms with Gasteiger partial charge in [-0.05, 0) is 37.5 Å². The number of imidazole rings is 1. The molecule has 0 atom stereocenters. The Morgan fingerprint density at radius 1 is 1.27 bits per heavy atom. The maximum atomic E-state index is 12.8. The van der Waals surface area contributed by atoms with Crippen LogP contribution in [0.4, 0.5) is 5.69 Å². The van der Waals surface area contributed by atoms with Crippen LogP contribution in [-0.2, 0) is 23.0 Å². The molecule has 0 fully saturated rings. The van der Waals surface area contributed by atoms with Crippen LogP contribution in [0.3, 0.4) is 0 Å². The maximum absolute atomic E-state index is 12.8. The number of nitrogens with one attached hydrogen (secondary N) is 2. The van der Waals surface area contributed by atoms with Crippen LogP contribution < -0.4 is 10.4 Å². The molecule has 1 aliphatic heterocycles. The molecule has 1 aromatic carbocycles. The minimum absolute atomic E-state index is 0.0136. The van der Waals surface area contributed by atoms with Gasteiger partial charge in [0.2, 0.25) is 0 Å². The highest BCUT2D eigenvalue weighted by atomic mass is 32.2. The fraction of sp³-hybridized carbons (Fsp3) is 0.312. The van der Waals surface area contributed by atoms with E-state index in [1.165, 1.54) is 10.9 Å². The Kier molecular flexibility index (Phi) is 3.91. The molecule has 3 aromatic rings. The van der Waals surface area contributed by atoms with E-state index in [-0.39, 0.29) is 5.03 Å². The van der Waals surface area contributed by atoms with Crippen molar-refractivity contribution in [2.45, 2.75) is 37.8 Å². The van der Waals surface area contributed by atoms with E-state index in [9.17, 15) is 13.2 Å². The predicted octanol–water partition coefficient (Wildman–Crippen LogP) is 1.20. The van der Waals surface area contributed by atoms with Crippen LogP contribution in [0.1, 0.15) is 24.2 Å². The average Bonchev–Trinajstić information content (AvgIpc) is 3.23. The monoisotopic (exact) mass is 374 g/mol. The quantitative estimate of drug-likeness (QED) is 0.712. The summed E-state index contributed by atoms with van der Waals surface area (Å²) in [4.78, 5) is 16.1. The van der Waals surface area contributed by atoms with Crippen molar-refractivity contribution in [1.82, 2.24) is 24.3 Å². The molecule has 0 amide bonds. The molecule has 26 heavy (non-hydrogen) atoms. The lowest BCUT2D eigenvalue weighted by atomic mass is 10.1. The van der Waals surface area contributed by atoms with E-state index in [0.29, 0.717) is 16.9 Å². The lowest BCUT2D eigenvalue weighted by Gasteiger charge is -2.12. The van der Waals surface area contributed by atoms with Crippen molar-refractivity contribution in [2.75, 3.05) is 4.72 Å². The van der Waals surface area contributed by atoms with E-state index in [1.807, 2.05) is 4.57 Å². The van der Waals surface area contributed by atoms with Gasteiger partial charge in [0.05, 0.1) is 11.4 Å². The van der Waals surface area contributed by atoms with Gasteiger partial charge < -0.3 is 4.57 Å². The van der Waals surface area contributed by atoms with Gasteiger partial charge in [-0.15, -0.1) is 0 Å². The summed E-state index contributed by atoms with van der Waals surface area (Å²) in [5, 5.41) is 6.04. The second-order valence-corrected chi connectivity index (χ2v) is 7.86. The molecule has 0 spiro atoms. The first-order chi connectivity index (χ1) is 12.5. The van der Waals surface area contributed by atoms with E-state index < -0.39 is 15.7 Å². The second-order valence-electron chi connectivity index (χ2n) is 6.23. The standard InChI is InChI=1S/C16H18N6O3S/c1-11-12(5-4-6-13(11)22-10-17-19-16(22)23)20-26(24,25)15-9-21-8-3-2-7-14(21)18-15/h4-6,9-10,20H,2-3,7-8H2,1H3,(H,19,23). The number of aromatic nitrogens is 5.